The Morgan fingerprint density at radius 3 is 2.67 bits per heavy atom. The first-order valence-electron chi connectivity index (χ1n) is 6.40. The molecular formula is C16H13BrN2S2. The standard InChI is InChI=1S/C16H13BrN2S2/c17-12-6-2-4-8-15(12)20-10-16-19-14(9-21-16)11-5-1-3-7-13(11)18/h1-9H,10,18H2. The monoisotopic (exact) mass is 376 g/mol. The predicted octanol–water partition coefficient (Wildman–Crippen LogP) is 5.45. The Bertz CT molecular complexity index is 755. The molecule has 0 unspecified atom stereocenters. The highest BCUT2D eigenvalue weighted by molar-refractivity contribution is 9.10. The van der Waals surface area contributed by atoms with Crippen LogP contribution in [0.2, 0.25) is 0 Å². The van der Waals surface area contributed by atoms with Gasteiger partial charge < -0.3 is 5.73 Å². The zero-order valence-corrected chi connectivity index (χ0v) is 14.3. The van der Waals surface area contributed by atoms with E-state index in [1.54, 1.807) is 23.1 Å². The first kappa shape index (κ1) is 14.6. The summed E-state index contributed by atoms with van der Waals surface area (Å²) in [4.78, 5) is 5.92. The molecule has 1 heterocycles. The number of rotatable bonds is 4. The van der Waals surface area contributed by atoms with Gasteiger partial charge in [0.25, 0.3) is 0 Å². The summed E-state index contributed by atoms with van der Waals surface area (Å²) in [5.74, 6) is 0.861. The summed E-state index contributed by atoms with van der Waals surface area (Å²) in [7, 11) is 0. The van der Waals surface area contributed by atoms with Crippen LogP contribution >= 0.6 is 39.0 Å². The van der Waals surface area contributed by atoms with Crippen molar-refractivity contribution in [2.24, 2.45) is 0 Å². The van der Waals surface area contributed by atoms with Crippen LogP contribution in [-0.4, -0.2) is 4.98 Å². The first-order chi connectivity index (χ1) is 10.2. The van der Waals surface area contributed by atoms with E-state index in [0.29, 0.717) is 0 Å². The summed E-state index contributed by atoms with van der Waals surface area (Å²) in [5.41, 5.74) is 8.74. The van der Waals surface area contributed by atoms with Gasteiger partial charge in [0, 0.05) is 26.0 Å². The number of nitrogens with two attached hydrogens (primary N) is 1. The number of anilines is 1. The molecule has 0 aliphatic rings. The molecule has 0 saturated heterocycles. The summed E-state index contributed by atoms with van der Waals surface area (Å²) < 4.78 is 1.12. The van der Waals surface area contributed by atoms with Crippen molar-refractivity contribution in [3.8, 4) is 11.3 Å². The van der Waals surface area contributed by atoms with Crippen LogP contribution in [0.4, 0.5) is 5.69 Å². The molecule has 3 aromatic rings. The molecule has 5 heteroatoms. The number of nitrogen functional groups attached to an aromatic ring is 1. The van der Waals surface area contributed by atoms with Gasteiger partial charge in [0.1, 0.15) is 5.01 Å². The molecule has 2 aromatic carbocycles. The number of hydrogen-bond donors (Lipinski definition) is 1. The van der Waals surface area contributed by atoms with E-state index >= 15 is 0 Å². The third-order valence-electron chi connectivity index (χ3n) is 2.98. The maximum absolute atomic E-state index is 6.00. The van der Waals surface area contributed by atoms with E-state index in [0.717, 1.165) is 32.2 Å². The fraction of sp³-hybridized carbons (Fsp3) is 0.0625. The van der Waals surface area contributed by atoms with E-state index in [4.69, 9.17) is 5.73 Å². The molecule has 0 saturated carbocycles. The molecule has 1 aromatic heterocycles. The molecule has 2 N–H and O–H groups in total. The highest BCUT2D eigenvalue weighted by atomic mass is 79.9. The minimum atomic E-state index is 0.771. The maximum atomic E-state index is 6.00. The predicted molar refractivity (Wildman–Crippen MR) is 95.7 cm³/mol. The number of halogens is 1. The van der Waals surface area contributed by atoms with Crippen LogP contribution in [0.25, 0.3) is 11.3 Å². The first-order valence-corrected chi connectivity index (χ1v) is 9.06. The summed E-state index contributed by atoms with van der Waals surface area (Å²) in [5, 5.41) is 3.18. The summed E-state index contributed by atoms with van der Waals surface area (Å²) >= 11 is 7.02. The molecular weight excluding hydrogens is 364 g/mol. The van der Waals surface area contributed by atoms with Gasteiger partial charge in [-0.2, -0.15) is 0 Å². The fourth-order valence-corrected chi connectivity index (χ4v) is 4.31. The summed E-state index contributed by atoms with van der Waals surface area (Å²) in [6.45, 7) is 0. The van der Waals surface area contributed by atoms with E-state index in [1.165, 1.54) is 4.90 Å². The van der Waals surface area contributed by atoms with Crippen LogP contribution in [0.15, 0.2) is 63.3 Å². The van der Waals surface area contributed by atoms with E-state index in [-0.39, 0.29) is 0 Å². The molecule has 3 rings (SSSR count). The van der Waals surface area contributed by atoms with Crippen molar-refractivity contribution in [3.63, 3.8) is 0 Å². The smallest absolute Gasteiger partial charge is 0.104 e. The summed E-state index contributed by atoms with van der Waals surface area (Å²) in [6, 6.07) is 16.1. The SMILES string of the molecule is Nc1ccccc1-c1csc(CSc2ccccc2Br)n1. The lowest BCUT2D eigenvalue weighted by Gasteiger charge is -2.02. The minimum absolute atomic E-state index is 0.771. The van der Waals surface area contributed by atoms with E-state index in [9.17, 15) is 0 Å². The average Bonchev–Trinajstić information content (AvgIpc) is 2.96. The van der Waals surface area contributed by atoms with Gasteiger partial charge in [-0.1, -0.05) is 30.3 Å². The van der Waals surface area contributed by atoms with Gasteiger partial charge in [-0.05, 0) is 34.1 Å². The molecule has 0 spiro atoms. The van der Waals surface area contributed by atoms with Gasteiger partial charge in [-0.15, -0.1) is 23.1 Å². The number of nitrogens with zero attached hydrogens (tertiary/aromatic N) is 1. The topological polar surface area (TPSA) is 38.9 Å². The Morgan fingerprint density at radius 2 is 1.86 bits per heavy atom. The largest absolute Gasteiger partial charge is 0.398 e. The van der Waals surface area contributed by atoms with Crippen molar-refractivity contribution in [2.45, 2.75) is 10.6 Å². The van der Waals surface area contributed by atoms with E-state index in [1.807, 2.05) is 36.4 Å². The normalized spacial score (nSPS) is 10.7. The van der Waals surface area contributed by atoms with Gasteiger partial charge >= 0.3 is 0 Å². The van der Waals surface area contributed by atoms with Gasteiger partial charge in [0.05, 0.1) is 11.4 Å². The van der Waals surface area contributed by atoms with Crippen molar-refractivity contribution < 1.29 is 0 Å². The molecule has 21 heavy (non-hydrogen) atoms. The van der Waals surface area contributed by atoms with Gasteiger partial charge in [0.2, 0.25) is 0 Å². The zero-order chi connectivity index (χ0) is 14.7. The number of hydrogen-bond acceptors (Lipinski definition) is 4. The molecule has 0 radical (unpaired) electrons. The zero-order valence-electron chi connectivity index (χ0n) is 11.1. The molecule has 2 nitrogen and oxygen atoms in total. The van der Waals surface area contributed by atoms with Crippen molar-refractivity contribution in [3.05, 3.63) is 63.4 Å². The van der Waals surface area contributed by atoms with Gasteiger partial charge in [-0.3, -0.25) is 0 Å². The van der Waals surface area contributed by atoms with E-state index in [2.05, 4.69) is 38.4 Å². The Kier molecular flexibility index (Phi) is 4.63. The lowest BCUT2D eigenvalue weighted by Crippen LogP contribution is -1.89. The third kappa shape index (κ3) is 3.48. The lowest BCUT2D eigenvalue weighted by atomic mass is 10.1. The Hall–Kier alpha value is -1.30. The molecule has 106 valence electrons. The fourth-order valence-electron chi connectivity index (χ4n) is 1.93. The van der Waals surface area contributed by atoms with Crippen molar-refractivity contribution in [2.75, 3.05) is 5.73 Å². The summed E-state index contributed by atoms with van der Waals surface area (Å²) in [6.07, 6.45) is 0. The maximum Gasteiger partial charge on any atom is 0.104 e. The van der Waals surface area contributed by atoms with Gasteiger partial charge in [-0.25, -0.2) is 4.98 Å². The minimum Gasteiger partial charge on any atom is -0.398 e. The van der Waals surface area contributed by atoms with Crippen LogP contribution in [0.5, 0.6) is 0 Å². The van der Waals surface area contributed by atoms with Crippen LogP contribution in [0.1, 0.15) is 5.01 Å². The van der Waals surface area contributed by atoms with Crippen molar-refractivity contribution >= 4 is 44.7 Å². The molecule has 0 aliphatic heterocycles. The number of benzene rings is 2. The van der Waals surface area contributed by atoms with Crippen molar-refractivity contribution in [1.29, 1.82) is 0 Å². The highest BCUT2D eigenvalue weighted by Crippen LogP contribution is 2.32. The van der Waals surface area contributed by atoms with Crippen LogP contribution in [0.3, 0.4) is 0 Å². The van der Waals surface area contributed by atoms with Crippen molar-refractivity contribution in [1.82, 2.24) is 4.98 Å². The molecule has 0 atom stereocenters. The molecule has 0 amide bonds. The highest BCUT2D eigenvalue weighted by Gasteiger charge is 2.08. The Balaban J connectivity index is 1.74. The molecule has 0 fully saturated rings. The molecule has 0 bridgehead atoms. The van der Waals surface area contributed by atoms with Crippen LogP contribution in [0, 0.1) is 0 Å². The Morgan fingerprint density at radius 1 is 1.10 bits per heavy atom. The van der Waals surface area contributed by atoms with Crippen LogP contribution in [-0.2, 0) is 5.75 Å². The Labute approximate surface area is 140 Å². The molecule has 0 aliphatic carbocycles. The number of thioether (sulfide) groups is 1. The van der Waals surface area contributed by atoms with Gasteiger partial charge in [0.15, 0.2) is 0 Å². The second kappa shape index (κ2) is 6.64. The average molecular weight is 377 g/mol. The van der Waals surface area contributed by atoms with E-state index < -0.39 is 0 Å². The third-order valence-corrected chi connectivity index (χ3v) is 6.05. The second-order valence-electron chi connectivity index (χ2n) is 4.43. The number of para-hydroxylation sites is 1. The lowest BCUT2D eigenvalue weighted by molar-refractivity contribution is 1.26. The van der Waals surface area contributed by atoms with Crippen LogP contribution < -0.4 is 5.73 Å². The quantitative estimate of drug-likeness (QED) is 0.486. The second-order valence-corrected chi connectivity index (χ2v) is 7.25. The number of thiazole rings is 1. The number of aromatic nitrogens is 1.